The summed E-state index contributed by atoms with van der Waals surface area (Å²) in [7, 11) is 1.64. The third-order valence-corrected chi connectivity index (χ3v) is 4.01. The van der Waals surface area contributed by atoms with Crippen molar-refractivity contribution in [2.45, 2.75) is 19.9 Å². The quantitative estimate of drug-likeness (QED) is 0.699. The molecular formula is C17H27ClN2O3. The van der Waals surface area contributed by atoms with Gasteiger partial charge in [0.1, 0.15) is 0 Å². The topological polar surface area (TPSA) is 43.0 Å². The summed E-state index contributed by atoms with van der Waals surface area (Å²) in [4.78, 5) is 2.41. The number of nitrogens with one attached hydrogen (secondary N) is 1. The lowest BCUT2D eigenvalue weighted by Crippen LogP contribution is -2.40. The fourth-order valence-electron chi connectivity index (χ4n) is 2.56. The van der Waals surface area contributed by atoms with Crippen molar-refractivity contribution < 1.29 is 14.2 Å². The second kappa shape index (κ2) is 9.98. The van der Waals surface area contributed by atoms with Crippen LogP contribution >= 0.6 is 11.6 Å². The molecule has 0 unspecified atom stereocenters. The summed E-state index contributed by atoms with van der Waals surface area (Å²) in [6.07, 6.45) is 0.954. The van der Waals surface area contributed by atoms with E-state index in [0.717, 1.165) is 57.1 Å². The van der Waals surface area contributed by atoms with Gasteiger partial charge in [-0.2, -0.15) is 0 Å². The van der Waals surface area contributed by atoms with Gasteiger partial charge in [0.05, 0.1) is 26.9 Å². The number of nitrogens with zero attached hydrogens (tertiary/aromatic N) is 1. The molecule has 1 aliphatic heterocycles. The second-order valence-corrected chi connectivity index (χ2v) is 6.01. The maximum absolute atomic E-state index is 6.18. The molecule has 5 nitrogen and oxygen atoms in total. The third kappa shape index (κ3) is 5.84. The van der Waals surface area contributed by atoms with Crippen LogP contribution in [-0.2, 0) is 11.3 Å². The fraction of sp³-hybridized carbons (Fsp3) is 0.647. The van der Waals surface area contributed by atoms with E-state index >= 15 is 0 Å². The van der Waals surface area contributed by atoms with Crippen LogP contribution in [0.4, 0.5) is 0 Å². The van der Waals surface area contributed by atoms with Gasteiger partial charge in [-0.3, -0.25) is 4.90 Å². The Balaban J connectivity index is 1.90. The van der Waals surface area contributed by atoms with Crippen LogP contribution in [0.2, 0.25) is 5.02 Å². The van der Waals surface area contributed by atoms with Gasteiger partial charge < -0.3 is 19.5 Å². The monoisotopic (exact) mass is 342 g/mol. The van der Waals surface area contributed by atoms with Gasteiger partial charge in [0.15, 0.2) is 11.5 Å². The minimum absolute atomic E-state index is 0.663. The molecule has 1 fully saturated rings. The molecule has 0 spiro atoms. The van der Waals surface area contributed by atoms with Crippen molar-refractivity contribution in [3.05, 3.63) is 22.7 Å². The summed E-state index contributed by atoms with van der Waals surface area (Å²) >= 11 is 6.18. The van der Waals surface area contributed by atoms with E-state index in [-0.39, 0.29) is 0 Å². The third-order valence-electron chi connectivity index (χ3n) is 3.79. The van der Waals surface area contributed by atoms with Crippen LogP contribution in [-0.4, -0.2) is 58.0 Å². The van der Waals surface area contributed by atoms with E-state index in [9.17, 15) is 0 Å². The molecule has 0 bridgehead atoms. The molecule has 1 aromatic carbocycles. The van der Waals surface area contributed by atoms with E-state index in [4.69, 9.17) is 25.8 Å². The lowest BCUT2D eigenvalue weighted by molar-refractivity contribution is 0.0384. The molecule has 1 saturated heterocycles. The molecule has 23 heavy (non-hydrogen) atoms. The van der Waals surface area contributed by atoms with Crippen molar-refractivity contribution in [1.29, 1.82) is 0 Å². The lowest BCUT2D eigenvalue weighted by Gasteiger charge is -2.26. The van der Waals surface area contributed by atoms with Gasteiger partial charge in [-0.25, -0.2) is 0 Å². The molecule has 130 valence electrons. The average Bonchev–Trinajstić information content (AvgIpc) is 2.58. The molecule has 0 aromatic heterocycles. The number of methoxy groups -OCH3 is 1. The van der Waals surface area contributed by atoms with Crippen LogP contribution in [0.15, 0.2) is 12.1 Å². The van der Waals surface area contributed by atoms with Crippen LogP contribution in [0.1, 0.15) is 18.9 Å². The van der Waals surface area contributed by atoms with Gasteiger partial charge in [0, 0.05) is 49.4 Å². The number of benzene rings is 1. The Morgan fingerprint density at radius 3 is 2.78 bits per heavy atom. The molecule has 1 aliphatic rings. The van der Waals surface area contributed by atoms with E-state index in [1.807, 2.05) is 6.07 Å². The van der Waals surface area contributed by atoms with Crippen molar-refractivity contribution in [3.63, 3.8) is 0 Å². The van der Waals surface area contributed by atoms with Gasteiger partial charge in [-0.1, -0.05) is 18.5 Å². The SMILES string of the molecule is CCCOc1c(CNCCN2CCOCC2)cc(Cl)cc1OC. The molecule has 0 aliphatic carbocycles. The summed E-state index contributed by atoms with van der Waals surface area (Å²) in [5.74, 6) is 1.48. The number of rotatable bonds is 9. The minimum atomic E-state index is 0.663. The van der Waals surface area contributed by atoms with Gasteiger partial charge in [0.25, 0.3) is 0 Å². The molecule has 0 radical (unpaired) electrons. The Bertz CT molecular complexity index is 479. The van der Waals surface area contributed by atoms with Gasteiger partial charge in [0.2, 0.25) is 0 Å². The van der Waals surface area contributed by atoms with Crippen LogP contribution in [0, 0.1) is 0 Å². The summed E-state index contributed by atoms with van der Waals surface area (Å²) in [6, 6.07) is 3.74. The summed E-state index contributed by atoms with van der Waals surface area (Å²) in [6.45, 7) is 9.09. The van der Waals surface area contributed by atoms with E-state index in [0.29, 0.717) is 23.9 Å². The summed E-state index contributed by atoms with van der Waals surface area (Å²) < 4.78 is 16.6. The Hall–Kier alpha value is -1.01. The van der Waals surface area contributed by atoms with Crippen molar-refractivity contribution in [2.75, 3.05) is 53.1 Å². The summed E-state index contributed by atoms with van der Waals surface area (Å²) in [5.41, 5.74) is 1.03. The number of ether oxygens (including phenoxy) is 3. The average molecular weight is 343 g/mol. The highest BCUT2D eigenvalue weighted by molar-refractivity contribution is 6.30. The second-order valence-electron chi connectivity index (χ2n) is 5.58. The van der Waals surface area contributed by atoms with Crippen molar-refractivity contribution in [2.24, 2.45) is 0 Å². The molecule has 2 rings (SSSR count). The first-order chi connectivity index (χ1) is 11.2. The highest BCUT2D eigenvalue weighted by Gasteiger charge is 2.13. The maximum Gasteiger partial charge on any atom is 0.165 e. The van der Waals surface area contributed by atoms with Crippen molar-refractivity contribution >= 4 is 11.6 Å². The predicted octanol–water partition coefficient (Wildman–Crippen LogP) is 2.56. The first kappa shape index (κ1) is 18.3. The summed E-state index contributed by atoms with van der Waals surface area (Å²) in [5, 5.41) is 4.13. The van der Waals surface area contributed by atoms with Gasteiger partial charge >= 0.3 is 0 Å². The van der Waals surface area contributed by atoms with Crippen LogP contribution in [0.3, 0.4) is 0 Å². The number of halogens is 1. The van der Waals surface area contributed by atoms with Gasteiger partial charge in [-0.05, 0) is 12.5 Å². The van der Waals surface area contributed by atoms with Gasteiger partial charge in [-0.15, -0.1) is 0 Å². The van der Waals surface area contributed by atoms with E-state index in [2.05, 4.69) is 17.1 Å². The molecule has 6 heteroatoms. The van der Waals surface area contributed by atoms with E-state index < -0.39 is 0 Å². The highest BCUT2D eigenvalue weighted by atomic mass is 35.5. The largest absolute Gasteiger partial charge is 0.493 e. The predicted molar refractivity (Wildman–Crippen MR) is 92.8 cm³/mol. The fourth-order valence-corrected chi connectivity index (χ4v) is 2.79. The lowest BCUT2D eigenvalue weighted by atomic mass is 10.1. The Kier molecular flexibility index (Phi) is 7.95. The molecule has 1 N–H and O–H groups in total. The number of hydrogen-bond acceptors (Lipinski definition) is 5. The zero-order valence-corrected chi connectivity index (χ0v) is 14.8. The molecular weight excluding hydrogens is 316 g/mol. The zero-order chi connectivity index (χ0) is 16.5. The van der Waals surface area contributed by atoms with E-state index in [1.54, 1.807) is 13.2 Å². The smallest absolute Gasteiger partial charge is 0.165 e. The molecule has 0 atom stereocenters. The van der Waals surface area contributed by atoms with Crippen molar-refractivity contribution in [1.82, 2.24) is 10.2 Å². The zero-order valence-electron chi connectivity index (χ0n) is 14.1. The van der Waals surface area contributed by atoms with Crippen LogP contribution in [0.25, 0.3) is 0 Å². The van der Waals surface area contributed by atoms with E-state index in [1.165, 1.54) is 0 Å². The normalized spacial score (nSPS) is 15.6. The molecule has 0 amide bonds. The van der Waals surface area contributed by atoms with Crippen LogP contribution < -0.4 is 14.8 Å². The number of morpholine rings is 1. The number of hydrogen-bond donors (Lipinski definition) is 1. The minimum Gasteiger partial charge on any atom is -0.493 e. The molecule has 0 saturated carbocycles. The Morgan fingerprint density at radius 1 is 1.30 bits per heavy atom. The standard InChI is InChI=1S/C17H27ClN2O3/c1-3-8-23-17-14(11-15(18)12-16(17)21-2)13-19-4-5-20-6-9-22-10-7-20/h11-12,19H,3-10,13H2,1-2H3. The molecule has 1 heterocycles. The first-order valence-electron chi connectivity index (χ1n) is 8.24. The molecule has 1 aromatic rings. The van der Waals surface area contributed by atoms with Crippen molar-refractivity contribution in [3.8, 4) is 11.5 Å². The highest BCUT2D eigenvalue weighted by Crippen LogP contribution is 2.34. The Morgan fingerprint density at radius 2 is 2.09 bits per heavy atom. The maximum atomic E-state index is 6.18. The first-order valence-corrected chi connectivity index (χ1v) is 8.62. The Labute approximate surface area is 143 Å². The van der Waals surface area contributed by atoms with Crippen LogP contribution in [0.5, 0.6) is 11.5 Å².